The molecule has 1 unspecified atom stereocenters. The highest BCUT2D eigenvalue weighted by Crippen LogP contribution is 2.26. The molecular formula is C9H16N4O. The van der Waals surface area contributed by atoms with E-state index in [0.717, 1.165) is 6.42 Å². The standard InChI is InChI=1S/C9H16N4O/c1-4-6(2)13-9-7(14-3)8(10)11-5-12-9/h5-6H,4H2,1-3H3,(H3,10,11,12,13). The second-order valence-corrected chi connectivity index (χ2v) is 3.09. The second kappa shape index (κ2) is 4.64. The van der Waals surface area contributed by atoms with Crippen LogP contribution < -0.4 is 15.8 Å². The molecule has 0 saturated carbocycles. The van der Waals surface area contributed by atoms with Crippen LogP contribution in [0.5, 0.6) is 5.75 Å². The second-order valence-electron chi connectivity index (χ2n) is 3.09. The van der Waals surface area contributed by atoms with Crippen molar-refractivity contribution in [3.05, 3.63) is 6.33 Å². The van der Waals surface area contributed by atoms with Gasteiger partial charge in [0.15, 0.2) is 11.6 Å². The molecule has 5 heteroatoms. The number of hydrogen-bond donors (Lipinski definition) is 2. The molecule has 78 valence electrons. The Balaban J connectivity index is 2.90. The highest BCUT2D eigenvalue weighted by atomic mass is 16.5. The third-order valence-electron chi connectivity index (χ3n) is 2.03. The van der Waals surface area contributed by atoms with E-state index in [2.05, 4.69) is 29.1 Å². The summed E-state index contributed by atoms with van der Waals surface area (Å²) in [5, 5.41) is 3.20. The number of nitrogen functional groups attached to an aromatic ring is 1. The molecule has 1 aromatic heterocycles. The minimum atomic E-state index is 0.332. The Morgan fingerprint density at radius 3 is 2.86 bits per heavy atom. The third-order valence-corrected chi connectivity index (χ3v) is 2.03. The molecule has 1 aromatic rings. The number of anilines is 2. The predicted octanol–water partition coefficient (Wildman–Crippen LogP) is 1.28. The van der Waals surface area contributed by atoms with Gasteiger partial charge in [0.05, 0.1) is 7.11 Å². The molecule has 1 atom stereocenters. The summed E-state index contributed by atoms with van der Waals surface area (Å²) in [6, 6.07) is 0.332. The molecule has 0 aromatic carbocycles. The van der Waals surface area contributed by atoms with Crippen LogP contribution in [0.2, 0.25) is 0 Å². The van der Waals surface area contributed by atoms with E-state index in [-0.39, 0.29) is 0 Å². The van der Waals surface area contributed by atoms with Gasteiger partial charge in [-0.25, -0.2) is 9.97 Å². The highest BCUT2D eigenvalue weighted by Gasteiger charge is 2.10. The van der Waals surface area contributed by atoms with Gasteiger partial charge < -0.3 is 15.8 Å². The first-order valence-electron chi connectivity index (χ1n) is 4.60. The maximum Gasteiger partial charge on any atom is 0.203 e. The smallest absolute Gasteiger partial charge is 0.203 e. The van der Waals surface area contributed by atoms with Gasteiger partial charge in [0.2, 0.25) is 5.75 Å². The first-order chi connectivity index (χ1) is 6.69. The zero-order valence-corrected chi connectivity index (χ0v) is 8.74. The van der Waals surface area contributed by atoms with E-state index in [1.165, 1.54) is 6.33 Å². The Morgan fingerprint density at radius 1 is 1.57 bits per heavy atom. The van der Waals surface area contributed by atoms with Crippen molar-refractivity contribution in [2.45, 2.75) is 26.3 Å². The minimum absolute atomic E-state index is 0.332. The van der Waals surface area contributed by atoms with Crippen LogP contribution in [0.4, 0.5) is 11.6 Å². The van der Waals surface area contributed by atoms with Crippen LogP contribution in [-0.4, -0.2) is 23.1 Å². The zero-order valence-electron chi connectivity index (χ0n) is 8.74. The monoisotopic (exact) mass is 196 g/mol. The molecule has 0 amide bonds. The molecule has 1 heterocycles. The maximum atomic E-state index is 5.63. The lowest BCUT2D eigenvalue weighted by molar-refractivity contribution is 0.414. The first kappa shape index (κ1) is 10.6. The fraction of sp³-hybridized carbons (Fsp3) is 0.556. The van der Waals surface area contributed by atoms with E-state index in [0.29, 0.717) is 23.4 Å². The van der Waals surface area contributed by atoms with Crippen molar-refractivity contribution in [2.75, 3.05) is 18.2 Å². The van der Waals surface area contributed by atoms with Crippen LogP contribution in [-0.2, 0) is 0 Å². The number of nitrogens with one attached hydrogen (secondary N) is 1. The van der Waals surface area contributed by atoms with Crippen LogP contribution in [0.3, 0.4) is 0 Å². The van der Waals surface area contributed by atoms with Gasteiger partial charge in [0, 0.05) is 6.04 Å². The van der Waals surface area contributed by atoms with Crippen LogP contribution in [0.1, 0.15) is 20.3 Å². The van der Waals surface area contributed by atoms with Gasteiger partial charge in [0.25, 0.3) is 0 Å². The fourth-order valence-corrected chi connectivity index (χ4v) is 1.03. The molecule has 14 heavy (non-hydrogen) atoms. The number of nitrogens with zero attached hydrogens (tertiary/aromatic N) is 2. The Hall–Kier alpha value is -1.52. The molecule has 0 aliphatic heterocycles. The van der Waals surface area contributed by atoms with Crippen LogP contribution in [0, 0.1) is 0 Å². The Morgan fingerprint density at radius 2 is 2.29 bits per heavy atom. The fourth-order valence-electron chi connectivity index (χ4n) is 1.03. The van der Waals surface area contributed by atoms with E-state index in [1.807, 2.05) is 0 Å². The van der Waals surface area contributed by atoms with Crippen LogP contribution >= 0.6 is 0 Å². The molecule has 0 bridgehead atoms. The number of hydrogen-bond acceptors (Lipinski definition) is 5. The molecule has 3 N–H and O–H groups in total. The molecule has 0 spiro atoms. The van der Waals surface area contributed by atoms with Gasteiger partial charge in [-0.15, -0.1) is 0 Å². The van der Waals surface area contributed by atoms with Crippen molar-refractivity contribution in [3.63, 3.8) is 0 Å². The average Bonchev–Trinajstić information content (AvgIpc) is 2.18. The van der Waals surface area contributed by atoms with Gasteiger partial charge >= 0.3 is 0 Å². The number of nitrogens with two attached hydrogens (primary N) is 1. The summed E-state index contributed by atoms with van der Waals surface area (Å²) >= 11 is 0. The van der Waals surface area contributed by atoms with Crippen molar-refractivity contribution in [1.29, 1.82) is 0 Å². The Labute approximate surface area is 83.7 Å². The minimum Gasteiger partial charge on any atom is -0.490 e. The number of aromatic nitrogens is 2. The van der Waals surface area contributed by atoms with Crippen molar-refractivity contribution >= 4 is 11.6 Å². The summed E-state index contributed by atoms with van der Waals surface area (Å²) < 4.78 is 5.11. The van der Waals surface area contributed by atoms with E-state index >= 15 is 0 Å². The molecule has 0 fully saturated rings. The summed E-state index contributed by atoms with van der Waals surface area (Å²) in [6.07, 6.45) is 2.43. The molecule has 0 saturated heterocycles. The summed E-state index contributed by atoms with van der Waals surface area (Å²) in [7, 11) is 1.55. The van der Waals surface area contributed by atoms with Gasteiger partial charge in [-0.05, 0) is 13.3 Å². The molecule has 1 rings (SSSR count). The molecule has 5 nitrogen and oxygen atoms in total. The van der Waals surface area contributed by atoms with Crippen molar-refractivity contribution in [3.8, 4) is 5.75 Å². The van der Waals surface area contributed by atoms with E-state index in [1.54, 1.807) is 7.11 Å². The van der Waals surface area contributed by atoms with E-state index in [9.17, 15) is 0 Å². The Kier molecular flexibility index (Phi) is 3.50. The Bertz CT molecular complexity index is 303. The number of ether oxygens (including phenoxy) is 1. The highest BCUT2D eigenvalue weighted by molar-refractivity contribution is 5.61. The van der Waals surface area contributed by atoms with Crippen molar-refractivity contribution in [1.82, 2.24) is 9.97 Å². The lowest BCUT2D eigenvalue weighted by Crippen LogP contribution is -2.16. The molecular weight excluding hydrogens is 180 g/mol. The summed E-state index contributed by atoms with van der Waals surface area (Å²) in [5.41, 5.74) is 5.63. The maximum absolute atomic E-state index is 5.63. The molecule has 0 aliphatic rings. The normalized spacial score (nSPS) is 12.2. The average molecular weight is 196 g/mol. The molecule has 0 aliphatic carbocycles. The largest absolute Gasteiger partial charge is 0.490 e. The number of rotatable bonds is 4. The van der Waals surface area contributed by atoms with Crippen LogP contribution in [0.25, 0.3) is 0 Å². The van der Waals surface area contributed by atoms with Gasteiger partial charge in [-0.1, -0.05) is 6.92 Å². The summed E-state index contributed by atoms with van der Waals surface area (Å²) in [6.45, 7) is 4.16. The third kappa shape index (κ3) is 2.25. The first-order valence-corrected chi connectivity index (χ1v) is 4.60. The lowest BCUT2D eigenvalue weighted by atomic mass is 10.2. The summed E-state index contributed by atoms with van der Waals surface area (Å²) in [4.78, 5) is 7.92. The zero-order chi connectivity index (χ0) is 10.6. The van der Waals surface area contributed by atoms with Gasteiger partial charge in [-0.2, -0.15) is 0 Å². The van der Waals surface area contributed by atoms with E-state index in [4.69, 9.17) is 10.5 Å². The topological polar surface area (TPSA) is 73.1 Å². The molecule has 0 radical (unpaired) electrons. The van der Waals surface area contributed by atoms with Gasteiger partial charge in [-0.3, -0.25) is 0 Å². The lowest BCUT2D eigenvalue weighted by Gasteiger charge is -2.15. The van der Waals surface area contributed by atoms with Gasteiger partial charge in [0.1, 0.15) is 6.33 Å². The predicted molar refractivity (Wildman–Crippen MR) is 56.4 cm³/mol. The van der Waals surface area contributed by atoms with Crippen molar-refractivity contribution in [2.24, 2.45) is 0 Å². The van der Waals surface area contributed by atoms with Crippen molar-refractivity contribution < 1.29 is 4.74 Å². The quantitative estimate of drug-likeness (QED) is 0.758. The summed E-state index contributed by atoms with van der Waals surface area (Å²) in [5.74, 6) is 1.51. The SMILES string of the molecule is CCC(C)Nc1ncnc(N)c1OC. The van der Waals surface area contributed by atoms with E-state index < -0.39 is 0 Å². The number of methoxy groups -OCH3 is 1. The van der Waals surface area contributed by atoms with Crippen LogP contribution in [0.15, 0.2) is 6.33 Å².